The molecule has 0 bridgehead atoms. The molecule has 0 aromatic carbocycles. The normalized spacial score (nSPS) is 20.3. The summed E-state index contributed by atoms with van der Waals surface area (Å²) in [5.41, 5.74) is 0. The molecule has 1 fully saturated rings. The minimum absolute atomic E-state index is 0.960. The summed E-state index contributed by atoms with van der Waals surface area (Å²) in [5, 5.41) is 0. The molecule has 0 amide bonds. The first-order chi connectivity index (χ1) is 6.83. The molecule has 15 heavy (non-hydrogen) atoms. The number of hydrogen-bond donors (Lipinski definition) is 0. The fraction of sp³-hybridized carbons (Fsp3) is 1.00. The van der Waals surface area contributed by atoms with Crippen LogP contribution in [0.25, 0.3) is 0 Å². The van der Waals surface area contributed by atoms with E-state index in [1.807, 2.05) is 0 Å². The highest BCUT2D eigenvalue weighted by Gasteiger charge is 2.25. The molecular weight excluding hydrogens is 225 g/mol. The first-order valence-corrected chi connectivity index (χ1v) is 6.22. The number of morpholine rings is 1. The van der Waals surface area contributed by atoms with Gasteiger partial charge < -0.3 is 13.8 Å². The maximum Gasteiger partial charge on any atom is 0.255 e. The third kappa shape index (κ3) is 7.66. The molecule has 0 unspecified atom stereocenters. The maximum absolute atomic E-state index is 10.1. The van der Waals surface area contributed by atoms with E-state index >= 15 is 0 Å². The van der Waals surface area contributed by atoms with Crippen LogP contribution in [-0.2, 0) is 15.2 Å². The Morgan fingerprint density at radius 1 is 1.27 bits per heavy atom. The van der Waals surface area contributed by atoms with E-state index in [0.29, 0.717) is 0 Å². The van der Waals surface area contributed by atoms with Crippen LogP contribution in [-0.4, -0.2) is 56.8 Å². The van der Waals surface area contributed by atoms with E-state index in [2.05, 4.69) is 13.8 Å². The van der Waals surface area contributed by atoms with Crippen molar-refractivity contribution < 1.29 is 26.1 Å². The standard InChI is InChI=1S/C8H18NO.FHO3S/c1-3-9(4-2)5-7-10-8-6-9;1-5(2,3)4/h3-8H2,1-2H3;(H,2,3,4)/q+1;/p-1. The predicted molar refractivity (Wildman–Crippen MR) is 52.7 cm³/mol. The minimum atomic E-state index is -5.42. The average Bonchev–Trinajstić information content (AvgIpc) is 2.16. The van der Waals surface area contributed by atoms with Gasteiger partial charge in [0.25, 0.3) is 10.5 Å². The Morgan fingerprint density at radius 2 is 1.60 bits per heavy atom. The van der Waals surface area contributed by atoms with Crippen molar-refractivity contribution in [1.29, 1.82) is 0 Å². The quantitative estimate of drug-likeness (QED) is 0.397. The van der Waals surface area contributed by atoms with Gasteiger partial charge in [0.1, 0.15) is 13.1 Å². The fourth-order valence-corrected chi connectivity index (χ4v) is 1.59. The van der Waals surface area contributed by atoms with Gasteiger partial charge in [0.05, 0.1) is 26.3 Å². The van der Waals surface area contributed by atoms with Gasteiger partial charge in [-0.05, 0) is 13.8 Å². The van der Waals surface area contributed by atoms with E-state index in [4.69, 9.17) is 17.7 Å². The molecule has 1 rings (SSSR count). The van der Waals surface area contributed by atoms with Crippen LogP contribution >= 0.6 is 0 Å². The van der Waals surface area contributed by atoms with E-state index in [1.54, 1.807) is 0 Å². The van der Waals surface area contributed by atoms with E-state index in [0.717, 1.165) is 13.2 Å². The van der Waals surface area contributed by atoms with Gasteiger partial charge in [-0.1, -0.05) is 0 Å². The lowest BCUT2D eigenvalue weighted by Crippen LogP contribution is -2.54. The monoisotopic (exact) mass is 243 g/mol. The van der Waals surface area contributed by atoms with Gasteiger partial charge in [0, 0.05) is 0 Å². The summed E-state index contributed by atoms with van der Waals surface area (Å²) in [6.07, 6.45) is 0. The molecule has 0 spiro atoms. The second-order valence-corrected chi connectivity index (χ2v) is 4.21. The molecule has 1 aliphatic heterocycles. The van der Waals surface area contributed by atoms with Crippen molar-refractivity contribution in [3.05, 3.63) is 0 Å². The van der Waals surface area contributed by atoms with Crippen LogP contribution in [0.2, 0.25) is 0 Å². The zero-order valence-corrected chi connectivity index (χ0v) is 9.93. The van der Waals surface area contributed by atoms with Gasteiger partial charge in [-0.15, -0.1) is 3.89 Å². The van der Waals surface area contributed by atoms with Gasteiger partial charge in [-0.3, -0.25) is 0 Å². The highest BCUT2D eigenvalue weighted by atomic mass is 32.3. The number of halogens is 1. The fourth-order valence-electron chi connectivity index (χ4n) is 1.59. The summed E-state index contributed by atoms with van der Waals surface area (Å²) >= 11 is 0. The number of hydrogen-bond acceptors (Lipinski definition) is 4. The zero-order valence-electron chi connectivity index (χ0n) is 9.11. The van der Waals surface area contributed by atoms with Crippen LogP contribution in [0.15, 0.2) is 0 Å². The van der Waals surface area contributed by atoms with E-state index < -0.39 is 10.5 Å². The van der Waals surface area contributed by atoms with Gasteiger partial charge in [-0.2, -0.15) is 0 Å². The summed E-state index contributed by atoms with van der Waals surface area (Å²) in [5.74, 6) is 0. The molecule has 0 radical (unpaired) electrons. The van der Waals surface area contributed by atoms with Crippen molar-refractivity contribution >= 4 is 10.5 Å². The summed E-state index contributed by atoms with van der Waals surface area (Å²) in [6, 6.07) is 0. The molecule has 1 aliphatic rings. The second-order valence-electron chi connectivity index (χ2n) is 3.43. The molecule has 0 aromatic heterocycles. The molecule has 0 aliphatic carbocycles. The van der Waals surface area contributed by atoms with Gasteiger partial charge in [0.15, 0.2) is 0 Å². The number of quaternary nitrogens is 1. The van der Waals surface area contributed by atoms with Crippen LogP contribution in [0.1, 0.15) is 13.8 Å². The highest BCUT2D eigenvalue weighted by Crippen LogP contribution is 2.09. The average molecular weight is 243 g/mol. The van der Waals surface area contributed by atoms with Crippen LogP contribution in [0, 0.1) is 0 Å². The van der Waals surface area contributed by atoms with E-state index in [9.17, 15) is 3.89 Å². The molecule has 0 aromatic rings. The van der Waals surface area contributed by atoms with Gasteiger partial charge >= 0.3 is 0 Å². The second kappa shape index (κ2) is 6.37. The largest absolute Gasteiger partial charge is 0.722 e. The van der Waals surface area contributed by atoms with Crippen molar-refractivity contribution in [1.82, 2.24) is 0 Å². The Labute approximate surface area is 90.5 Å². The molecule has 1 heterocycles. The summed E-state index contributed by atoms with van der Waals surface area (Å²) < 4.78 is 41.9. The van der Waals surface area contributed by atoms with Crippen molar-refractivity contribution in [2.75, 3.05) is 39.4 Å². The summed E-state index contributed by atoms with van der Waals surface area (Å²) in [4.78, 5) is 0. The van der Waals surface area contributed by atoms with Crippen molar-refractivity contribution in [2.24, 2.45) is 0 Å². The molecule has 0 atom stereocenters. The molecule has 1 saturated heterocycles. The Kier molecular flexibility index (Phi) is 6.26. The van der Waals surface area contributed by atoms with Crippen LogP contribution < -0.4 is 0 Å². The van der Waals surface area contributed by atoms with Crippen LogP contribution in [0.5, 0.6) is 0 Å². The summed E-state index contributed by atoms with van der Waals surface area (Å²) in [6.45, 7) is 11.4. The third-order valence-electron chi connectivity index (χ3n) is 2.76. The Balaban J connectivity index is 0.000000336. The lowest BCUT2D eigenvalue weighted by atomic mass is 10.3. The summed E-state index contributed by atoms with van der Waals surface area (Å²) in [7, 11) is -5.42. The molecule has 5 nitrogen and oxygen atoms in total. The molecular formula is C8H18FNO4S. The zero-order chi connectivity index (χ0) is 11.9. The third-order valence-corrected chi connectivity index (χ3v) is 2.76. The number of nitrogens with zero attached hydrogens (tertiary/aromatic N) is 1. The van der Waals surface area contributed by atoms with Gasteiger partial charge in [-0.25, -0.2) is 8.42 Å². The maximum atomic E-state index is 10.1. The Morgan fingerprint density at radius 3 is 1.80 bits per heavy atom. The first kappa shape index (κ1) is 14.8. The number of likely N-dealkylation sites (N-methyl/N-ethyl adjacent to an activating group) is 1. The van der Waals surface area contributed by atoms with Gasteiger partial charge in [0.2, 0.25) is 0 Å². The van der Waals surface area contributed by atoms with Crippen molar-refractivity contribution in [2.45, 2.75) is 13.8 Å². The molecule has 92 valence electrons. The van der Waals surface area contributed by atoms with Crippen LogP contribution in [0.4, 0.5) is 3.89 Å². The number of rotatable bonds is 2. The number of ether oxygens (including phenoxy) is 1. The van der Waals surface area contributed by atoms with Crippen LogP contribution in [0.3, 0.4) is 0 Å². The van der Waals surface area contributed by atoms with E-state index in [1.165, 1.54) is 30.7 Å². The predicted octanol–water partition coefficient (Wildman–Crippen LogP) is 0.289. The molecule has 0 N–H and O–H groups in total. The smallest absolute Gasteiger partial charge is 0.255 e. The highest BCUT2D eigenvalue weighted by molar-refractivity contribution is 7.80. The van der Waals surface area contributed by atoms with Crippen molar-refractivity contribution in [3.63, 3.8) is 0 Å². The topological polar surface area (TPSA) is 66.4 Å². The lowest BCUT2D eigenvalue weighted by molar-refractivity contribution is -0.931. The van der Waals surface area contributed by atoms with E-state index in [-0.39, 0.29) is 0 Å². The first-order valence-electron chi connectivity index (χ1n) is 4.91. The SMILES string of the molecule is CC[N+]1(CC)CCOCC1.O=S(=O)([O-])F. The van der Waals surface area contributed by atoms with Crippen molar-refractivity contribution in [3.8, 4) is 0 Å². The lowest BCUT2D eigenvalue weighted by Gasteiger charge is -2.39. The molecule has 0 saturated carbocycles. The minimum Gasteiger partial charge on any atom is -0.722 e. The Hall–Kier alpha value is -0.240. The Bertz CT molecular complexity index is 248. The molecule has 7 heteroatoms.